The molecule has 30 heavy (non-hydrogen) atoms. The van der Waals surface area contributed by atoms with Gasteiger partial charge in [-0.25, -0.2) is 4.79 Å². The van der Waals surface area contributed by atoms with Gasteiger partial charge in [-0.15, -0.1) is 0 Å². The number of ether oxygens (including phenoxy) is 1. The molecule has 2 amide bonds. The van der Waals surface area contributed by atoms with Crippen LogP contribution < -0.4 is 10.1 Å². The minimum Gasteiger partial charge on any atom is -0.497 e. The van der Waals surface area contributed by atoms with Crippen LogP contribution in [0.25, 0.3) is 11.4 Å². The standard InChI is InChI=1S/C22H23ClN4O3/c1-14-6-7-17(13-19(14)23)24-22(28)27-10-8-15(9-11-27)21-25-20(26-30-21)16-4-3-5-18(12-16)29-2/h3-7,12-13,15H,8-11H2,1-2H3,(H,24,28). The lowest BCUT2D eigenvalue weighted by Gasteiger charge is -2.30. The van der Waals surface area contributed by atoms with Crippen LogP contribution in [0, 0.1) is 6.92 Å². The van der Waals surface area contributed by atoms with Crippen LogP contribution in [0.1, 0.15) is 30.2 Å². The van der Waals surface area contributed by atoms with Crippen LogP contribution in [0.3, 0.4) is 0 Å². The van der Waals surface area contributed by atoms with Crippen LogP contribution in [0.2, 0.25) is 5.02 Å². The third-order valence-corrected chi connectivity index (χ3v) is 5.73. The summed E-state index contributed by atoms with van der Waals surface area (Å²) in [6, 6.07) is 12.9. The average molecular weight is 427 g/mol. The third kappa shape index (κ3) is 4.41. The number of anilines is 1. The van der Waals surface area contributed by atoms with Gasteiger partial charge in [0, 0.05) is 35.3 Å². The highest BCUT2D eigenvalue weighted by molar-refractivity contribution is 6.31. The van der Waals surface area contributed by atoms with Crippen molar-refractivity contribution >= 4 is 23.3 Å². The summed E-state index contributed by atoms with van der Waals surface area (Å²) in [7, 11) is 1.62. The van der Waals surface area contributed by atoms with Crippen molar-refractivity contribution in [1.29, 1.82) is 0 Å². The fraction of sp³-hybridized carbons (Fsp3) is 0.318. The van der Waals surface area contributed by atoms with Crippen LogP contribution in [-0.4, -0.2) is 41.3 Å². The molecule has 156 valence electrons. The Bertz CT molecular complexity index is 1040. The Balaban J connectivity index is 1.36. The zero-order chi connectivity index (χ0) is 21.1. The van der Waals surface area contributed by atoms with Gasteiger partial charge in [-0.2, -0.15) is 4.98 Å². The van der Waals surface area contributed by atoms with Gasteiger partial charge in [-0.05, 0) is 49.6 Å². The van der Waals surface area contributed by atoms with Gasteiger partial charge in [0.15, 0.2) is 0 Å². The van der Waals surface area contributed by atoms with E-state index in [1.54, 1.807) is 18.1 Å². The molecule has 1 aliphatic heterocycles. The molecule has 2 aromatic carbocycles. The first-order valence-electron chi connectivity index (χ1n) is 9.83. The number of hydrogen-bond acceptors (Lipinski definition) is 5. The van der Waals surface area contributed by atoms with Crippen molar-refractivity contribution in [2.24, 2.45) is 0 Å². The maximum absolute atomic E-state index is 12.6. The van der Waals surface area contributed by atoms with Crippen LogP contribution in [0.5, 0.6) is 5.75 Å². The Labute approximate surface area is 180 Å². The van der Waals surface area contributed by atoms with E-state index < -0.39 is 0 Å². The highest BCUT2D eigenvalue weighted by Crippen LogP contribution is 2.30. The zero-order valence-corrected chi connectivity index (χ0v) is 17.6. The molecule has 7 nitrogen and oxygen atoms in total. The van der Waals surface area contributed by atoms with E-state index in [1.807, 2.05) is 43.3 Å². The molecular weight excluding hydrogens is 404 g/mol. The predicted octanol–water partition coefficient (Wildman–Crippen LogP) is 5.12. The van der Waals surface area contributed by atoms with Crippen LogP contribution >= 0.6 is 11.6 Å². The number of rotatable bonds is 4. The van der Waals surface area contributed by atoms with Gasteiger partial charge in [0.2, 0.25) is 11.7 Å². The molecule has 4 rings (SSSR count). The van der Waals surface area contributed by atoms with Gasteiger partial charge in [0.05, 0.1) is 7.11 Å². The van der Waals surface area contributed by atoms with E-state index in [0.717, 1.165) is 29.7 Å². The molecule has 8 heteroatoms. The summed E-state index contributed by atoms with van der Waals surface area (Å²) in [4.78, 5) is 18.9. The Kier molecular flexibility index (Phi) is 5.90. The summed E-state index contributed by atoms with van der Waals surface area (Å²) in [6.07, 6.45) is 1.53. The molecular formula is C22H23ClN4O3. The number of halogens is 1. The van der Waals surface area contributed by atoms with Crippen molar-refractivity contribution in [2.45, 2.75) is 25.7 Å². The fourth-order valence-electron chi connectivity index (χ4n) is 3.48. The van der Waals surface area contributed by atoms with Crippen molar-refractivity contribution in [3.05, 3.63) is 58.9 Å². The molecule has 0 atom stereocenters. The van der Waals surface area contributed by atoms with E-state index in [1.165, 1.54) is 0 Å². The summed E-state index contributed by atoms with van der Waals surface area (Å²) < 4.78 is 10.8. The van der Waals surface area contributed by atoms with E-state index in [4.69, 9.17) is 20.9 Å². The molecule has 1 saturated heterocycles. The molecule has 0 bridgehead atoms. The number of aromatic nitrogens is 2. The maximum Gasteiger partial charge on any atom is 0.321 e. The maximum atomic E-state index is 12.6. The number of urea groups is 1. The Hall–Kier alpha value is -3.06. The highest BCUT2D eigenvalue weighted by atomic mass is 35.5. The van der Waals surface area contributed by atoms with Crippen molar-refractivity contribution in [1.82, 2.24) is 15.0 Å². The summed E-state index contributed by atoms with van der Waals surface area (Å²) in [6.45, 7) is 3.16. The monoisotopic (exact) mass is 426 g/mol. The van der Waals surface area contributed by atoms with Crippen LogP contribution in [-0.2, 0) is 0 Å². The van der Waals surface area contributed by atoms with Gasteiger partial charge in [-0.3, -0.25) is 0 Å². The van der Waals surface area contributed by atoms with Crippen LogP contribution in [0.4, 0.5) is 10.5 Å². The predicted molar refractivity (Wildman–Crippen MR) is 115 cm³/mol. The number of carbonyl (C=O) groups excluding carboxylic acids is 1. The van der Waals surface area contributed by atoms with E-state index >= 15 is 0 Å². The second kappa shape index (κ2) is 8.75. The first-order valence-corrected chi connectivity index (χ1v) is 10.2. The Morgan fingerprint density at radius 1 is 1.23 bits per heavy atom. The van der Waals surface area contributed by atoms with Gasteiger partial charge >= 0.3 is 6.03 Å². The van der Waals surface area contributed by atoms with Gasteiger partial charge in [0.25, 0.3) is 0 Å². The quantitative estimate of drug-likeness (QED) is 0.626. The van der Waals surface area contributed by atoms with E-state index in [0.29, 0.717) is 35.5 Å². The molecule has 2 heterocycles. The number of amides is 2. The van der Waals surface area contributed by atoms with Gasteiger partial charge < -0.3 is 19.5 Å². The zero-order valence-electron chi connectivity index (χ0n) is 16.9. The first kappa shape index (κ1) is 20.2. The average Bonchev–Trinajstić information content (AvgIpc) is 3.27. The topological polar surface area (TPSA) is 80.5 Å². The highest BCUT2D eigenvalue weighted by Gasteiger charge is 2.28. The van der Waals surface area contributed by atoms with Gasteiger partial charge in [0.1, 0.15) is 5.75 Å². The minimum absolute atomic E-state index is 0.129. The number of nitrogens with one attached hydrogen (secondary N) is 1. The number of nitrogens with zero attached hydrogens (tertiary/aromatic N) is 3. The summed E-state index contributed by atoms with van der Waals surface area (Å²) in [5.41, 5.74) is 2.51. The Morgan fingerprint density at radius 2 is 2.03 bits per heavy atom. The number of benzene rings is 2. The van der Waals surface area contributed by atoms with Gasteiger partial charge in [-0.1, -0.05) is 35.0 Å². The lowest BCUT2D eigenvalue weighted by Crippen LogP contribution is -2.40. The normalized spacial score (nSPS) is 14.6. The number of hydrogen-bond donors (Lipinski definition) is 1. The van der Waals surface area contributed by atoms with Crippen molar-refractivity contribution in [3.63, 3.8) is 0 Å². The molecule has 1 N–H and O–H groups in total. The number of methoxy groups -OCH3 is 1. The van der Waals surface area contributed by atoms with Crippen molar-refractivity contribution < 1.29 is 14.1 Å². The number of likely N-dealkylation sites (tertiary alicyclic amines) is 1. The lowest BCUT2D eigenvalue weighted by atomic mass is 9.97. The molecule has 0 unspecified atom stereocenters. The summed E-state index contributed by atoms with van der Waals surface area (Å²) in [5.74, 6) is 2.03. The second-order valence-electron chi connectivity index (χ2n) is 7.34. The van der Waals surface area contributed by atoms with E-state index in [9.17, 15) is 4.79 Å². The summed E-state index contributed by atoms with van der Waals surface area (Å²) in [5, 5.41) is 7.66. The second-order valence-corrected chi connectivity index (χ2v) is 7.75. The van der Waals surface area contributed by atoms with Crippen molar-refractivity contribution in [2.75, 3.05) is 25.5 Å². The van der Waals surface area contributed by atoms with Crippen molar-refractivity contribution in [3.8, 4) is 17.1 Å². The molecule has 3 aromatic rings. The molecule has 1 fully saturated rings. The SMILES string of the molecule is COc1cccc(-c2noc(C3CCN(C(=O)Nc4ccc(C)c(Cl)c4)CC3)n2)c1. The van der Waals surface area contributed by atoms with E-state index in [2.05, 4.69) is 15.5 Å². The Morgan fingerprint density at radius 3 is 2.77 bits per heavy atom. The number of piperidine rings is 1. The van der Waals surface area contributed by atoms with E-state index in [-0.39, 0.29) is 11.9 Å². The first-order chi connectivity index (χ1) is 14.5. The largest absolute Gasteiger partial charge is 0.497 e. The fourth-order valence-corrected chi connectivity index (χ4v) is 3.66. The molecule has 0 saturated carbocycles. The lowest BCUT2D eigenvalue weighted by molar-refractivity contribution is 0.187. The number of carbonyl (C=O) groups is 1. The molecule has 1 aliphatic rings. The third-order valence-electron chi connectivity index (χ3n) is 5.32. The molecule has 1 aromatic heterocycles. The molecule has 0 aliphatic carbocycles. The molecule has 0 radical (unpaired) electrons. The smallest absolute Gasteiger partial charge is 0.321 e. The summed E-state index contributed by atoms with van der Waals surface area (Å²) >= 11 is 6.14. The van der Waals surface area contributed by atoms with Crippen LogP contribution in [0.15, 0.2) is 47.0 Å². The molecule has 0 spiro atoms. The minimum atomic E-state index is -0.129. The number of aryl methyl sites for hydroxylation is 1.